The molecule has 4 aliphatic rings. The second kappa shape index (κ2) is 14.0. The van der Waals surface area contributed by atoms with Crippen LogP contribution in [0.5, 0.6) is 0 Å². The first kappa shape index (κ1) is 39.3. The summed E-state index contributed by atoms with van der Waals surface area (Å²) in [7, 11) is 0. The number of hydrogen-bond donors (Lipinski definition) is 0. The molecule has 0 atom stereocenters. The van der Waals surface area contributed by atoms with Crippen molar-refractivity contribution >= 4 is 57.0 Å². The molecule has 13 rings (SSSR count). The van der Waals surface area contributed by atoms with Gasteiger partial charge in [0.25, 0.3) is 0 Å². The molecule has 9 aromatic rings. The highest BCUT2D eigenvalue weighted by atomic mass is 15.2. The third kappa shape index (κ3) is 5.62. The van der Waals surface area contributed by atoms with Crippen LogP contribution in [0.15, 0.2) is 188 Å². The molecule has 0 amide bonds. The molecule has 0 radical (unpaired) electrons. The van der Waals surface area contributed by atoms with E-state index in [1.807, 2.05) is 0 Å². The molecular weight excluding hydrogens is 796 g/mol. The largest absolute Gasteiger partial charge is 0.376 e. The summed E-state index contributed by atoms with van der Waals surface area (Å²) in [5, 5.41) is 2.55. The van der Waals surface area contributed by atoms with Gasteiger partial charge in [0.15, 0.2) is 0 Å². The van der Waals surface area contributed by atoms with E-state index in [1.165, 1.54) is 130 Å². The molecule has 0 unspecified atom stereocenters. The van der Waals surface area contributed by atoms with Crippen LogP contribution in [0, 0.1) is 0 Å². The molecule has 0 spiro atoms. The summed E-state index contributed by atoms with van der Waals surface area (Å²) in [6, 6.07) is 71.4. The Kier molecular flexibility index (Phi) is 8.31. The topological polar surface area (TPSA) is 6.48 Å². The molecule has 0 fully saturated rings. The SMILES string of the molecule is CC1(C)CCC(C)(C)c2cc3c(cc21)N1c2c(cccc2C3(C)C)B2c3c(cc4ccccc4c31)-c1ccc(-c3ccccc3)cc1N2c1cc(-c2ccccc2)cc(-c2ccccc2)c1. The lowest BCUT2D eigenvalue weighted by atomic mass is 9.42. The van der Waals surface area contributed by atoms with Crippen LogP contribution >= 0.6 is 0 Å². The summed E-state index contributed by atoms with van der Waals surface area (Å²) in [6.45, 7) is 14.7. The zero-order valence-corrected chi connectivity index (χ0v) is 38.8. The Morgan fingerprint density at radius 2 is 1.00 bits per heavy atom. The number of rotatable bonds is 4. The van der Waals surface area contributed by atoms with Crippen molar-refractivity contribution in [2.75, 3.05) is 9.71 Å². The predicted octanol–water partition coefficient (Wildman–Crippen LogP) is 15.5. The van der Waals surface area contributed by atoms with Crippen molar-refractivity contribution in [3.63, 3.8) is 0 Å². The molecular formula is C63H53BN2. The Bertz CT molecular complexity index is 3400. The van der Waals surface area contributed by atoms with Crippen LogP contribution < -0.4 is 20.6 Å². The fourth-order valence-electron chi connectivity index (χ4n) is 12.4. The molecule has 3 heterocycles. The second-order valence-corrected chi connectivity index (χ2v) is 21.2. The van der Waals surface area contributed by atoms with Gasteiger partial charge in [0.1, 0.15) is 0 Å². The van der Waals surface area contributed by atoms with Crippen LogP contribution in [0.3, 0.4) is 0 Å². The van der Waals surface area contributed by atoms with Gasteiger partial charge in [-0.15, -0.1) is 0 Å². The Balaban J connectivity index is 1.17. The van der Waals surface area contributed by atoms with Gasteiger partial charge in [-0.3, -0.25) is 0 Å². The van der Waals surface area contributed by atoms with Crippen molar-refractivity contribution < 1.29 is 0 Å². The van der Waals surface area contributed by atoms with Gasteiger partial charge < -0.3 is 9.71 Å². The Morgan fingerprint density at radius 1 is 0.409 bits per heavy atom. The Hall–Kier alpha value is -7.10. The summed E-state index contributed by atoms with van der Waals surface area (Å²) in [6.07, 6.45) is 2.36. The van der Waals surface area contributed by atoms with Crippen molar-refractivity contribution in [2.45, 2.75) is 70.6 Å². The van der Waals surface area contributed by atoms with Gasteiger partial charge in [0.05, 0.1) is 11.4 Å². The van der Waals surface area contributed by atoms with Crippen LogP contribution in [0.1, 0.15) is 76.6 Å². The van der Waals surface area contributed by atoms with E-state index in [4.69, 9.17) is 0 Å². The van der Waals surface area contributed by atoms with E-state index < -0.39 is 0 Å². The van der Waals surface area contributed by atoms with Crippen LogP contribution in [0.2, 0.25) is 0 Å². The number of nitrogens with zero attached hydrogens (tertiary/aromatic N) is 2. The molecule has 9 aromatic carbocycles. The van der Waals surface area contributed by atoms with Gasteiger partial charge in [0.2, 0.25) is 0 Å². The summed E-state index contributed by atoms with van der Waals surface area (Å²) < 4.78 is 0. The minimum absolute atomic E-state index is 0.0623. The lowest BCUT2D eigenvalue weighted by molar-refractivity contribution is 0.331. The van der Waals surface area contributed by atoms with Gasteiger partial charge in [-0.05, 0) is 138 Å². The lowest BCUT2D eigenvalue weighted by Gasteiger charge is -2.52. The highest BCUT2D eigenvalue weighted by Gasteiger charge is 2.51. The van der Waals surface area contributed by atoms with Crippen LogP contribution in [0.4, 0.5) is 28.4 Å². The quantitative estimate of drug-likeness (QED) is 0.163. The van der Waals surface area contributed by atoms with Crippen LogP contribution in [0.25, 0.3) is 55.3 Å². The summed E-state index contributed by atoms with van der Waals surface area (Å²) in [5.41, 5.74) is 24.6. The molecule has 0 saturated carbocycles. The number of hydrogen-bond acceptors (Lipinski definition) is 2. The molecule has 0 aromatic heterocycles. The number of para-hydroxylation sites is 1. The molecule has 0 N–H and O–H groups in total. The van der Waals surface area contributed by atoms with Gasteiger partial charge in [0, 0.05) is 33.4 Å². The maximum absolute atomic E-state index is 2.73. The average Bonchev–Trinajstić information content (AvgIpc) is 3.35. The number of benzene rings is 9. The van der Waals surface area contributed by atoms with Gasteiger partial charge >= 0.3 is 6.85 Å². The smallest absolute Gasteiger partial charge is 0.333 e. The van der Waals surface area contributed by atoms with Gasteiger partial charge in [-0.25, -0.2) is 0 Å². The van der Waals surface area contributed by atoms with Crippen molar-refractivity contribution in [1.29, 1.82) is 0 Å². The van der Waals surface area contributed by atoms with Crippen molar-refractivity contribution in [1.82, 2.24) is 0 Å². The van der Waals surface area contributed by atoms with E-state index in [-0.39, 0.29) is 23.1 Å². The standard InChI is InChI=1S/C63H53BN2/c1-61(2)31-32-62(3,4)53-39-57-54(38-52(53)61)63(5,6)51-27-18-28-55-60(51)65(57)59-48-26-17-16-25-44(48)36-50-49-30-29-43(40-19-10-7-11-20-40)37-56(49)66(64(55)58(50)59)47-34-45(41-21-12-8-13-22-41)33-46(35-47)42-23-14-9-15-24-42/h7-30,33-39H,31-32H2,1-6H3. The number of anilines is 5. The monoisotopic (exact) mass is 848 g/mol. The highest BCUT2D eigenvalue weighted by molar-refractivity contribution is 6.94. The first-order chi connectivity index (χ1) is 32.0. The van der Waals surface area contributed by atoms with E-state index in [0.29, 0.717) is 0 Å². The zero-order valence-electron chi connectivity index (χ0n) is 38.8. The molecule has 2 nitrogen and oxygen atoms in total. The van der Waals surface area contributed by atoms with E-state index >= 15 is 0 Å². The molecule has 3 heteroatoms. The Morgan fingerprint density at radius 3 is 1.65 bits per heavy atom. The fourth-order valence-corrected chi connectivity index (χ4v) is 12.4. The van der Waals surface area contributed by atoms with Gasteiger partial charge in [-0.2, -0.15) is 0 Å². The minimum Gasteiger partial charge on any atom is -0.376 e. The Labute approximate surface area is 390 Å². The van der Waals surface area contributed by atoms with Crippen molar-refractivity contribution in [3.05, 3.63) is 210 Å². The average molecular weight is 849 g/mol. The third-order valence-electron chi connectivity index (χ3n) is 16.0. The van der Waals surface area contributed by atoms with E-state index in [9.17, 15) is 0 Å². The summed E-state index contributed by atoms with van der Waals surface area (Å²) in [4.78, 5) is 5.45. The van der Waals surface area contributed by atoms with Crippen molar-refractivity contribution in [3.8, 4) is 44.5 Å². The lowest BCUT2D eigenvalue weighted by Crippen LogP contribution is -2.62. The summed E-state index contributed by atoms with van der Waals surface area (Å²) in [5.74, 6) is 0. The first-order valence-electron chi connectivity index (χ1n) is 23.9. The molecule has 3 aliphatic heterocycles. The van der Waals surface area contributed by atoms with Crippen LogP contribution in [-0.4, -0.2) is 6.85 Å². The predicted molar refractivity (Wildman–Crippen MR) is 281 cm³/mol. The van der Waals surface area contributed by atoms with Crippen molar-refractivity contribution in [2.24, 2.45) is 0 Å². The second-order valence-electron chi connectivity index (χ2n) is 21.2. The molecule has 1 aliphatic carbocycles. The molecule has 0 saturated heterocycles. The van der Waals surface area contributed by atoms with E-state index in [0.717, 1.165) is 0 Å². The fraction of sp³-hybridized carbons (Fsp3) is 0.175. The molecule has 318 valence electrons. The maximum Gasteiger partial charge on any atom is 0.333 e. The highest BCUT2D eigenvalue weighted by Crippen LogP contribution is 2.59. The molecule has 66 heavy (non-hydrogen) atoms. The van der Waals surface area contributed by atoms with Crippen LogP contribution in [-0.2, 0) is 16.2 Å². The van der Waals surface area contributed by atoms with E-state index in [1.54, 1.807) is 0 Å². The third-order valence-corrected chi connectivity index (χ3v) is 16.0. The normalized spacial score (nSPS) is 16.5. The van der Waals surface area contributed by atoms with E-state index in [2.05, 4.69) is 239 Å². The molecule has 0 bridgehead atoms. The maximum atomic E-state index is 2.73. The van der Waals surface area contributed by atoms with Gasteiger partial charge in [-0.1, -0.05) is 193 Å². The first-order valence-corrected chi connectivity index (χ1v) is 23.9. The number of fused-ring (bicyclic) bond motifs is 9. The summed E-state index contributed by atoms with van der Waals surface area (Å²) >= 11 is 0. The minimum atomic E-state index is -0.250. The zero-order chi connectivity index (χ0) is 44.7.